The van der Waals surface area contributed by atoms with Crippen LogP contribution in [0, 0.1) is 6.92 Å². The fourth-order valence-electron chi connectivity index (χ4n) is 3.44. The fraction of sp³-hybridized carbons (Fsp3) is 0.240. The van der Waals surface area contributed by atoms with Crippen LogP contribution >= 0.6 is 0 Å². The maximum atomic E-state index is 12.5. The summed E-state index contributed by atoms with van der Waals surface area (Å²) in [5.74, 6) is 2.25. The summed E-state index contributed by atoms with van der Waals surface area (Å²) in [5.41, 5.74) is 4.20. The van der Waals surface area contributed by atoms with E-state index >= 15 is 0 Å². The molecule has 3 N–H and O–H groups in total. The Labute approximate surface area is 186 Å². The second-order valence-corrected chi connectivity index (χ2v) is 7.71. The number of aryl methyl sites for hydroxylation is 3. The van der Waals surface area contributed by atoms with Gasteiger partial charge in [0.2, 0.25) is 5.91 Å². The Morgan fingerprint density at radius 3 is 2.56 bits per heavy atom. The minimum Gasteiger partial charge on any atom is -0.465 e. The van der Waals surface area contributed by atoms with Crippen LogP contribution in [0.15, 0.2) is 59.0 Å². The van der Waals surface area contributed by atoms with E-state index in [1.54, 1.807) is 6.07 Å². The highest BCUT2D eigenvalue weighted by Gasteiger charge is 2.10. The van der Waals surface area contributed by atoms with Gasteiger partial charge < -0.3 is 20.0 Å². The van der Waals surface area contributed by atoms with Crippen LogP contribution in [0.25, 0.3) is 11.0 Å². The van der Waals surface area contributed by atoms with Crippen molar-refractivity contribution < 1.29 is 14.0 Å². The summed E-state index contributed by atoms with van der Waals surface area (Å²) < 4.78 is 5.49. The average Bonchev–Trinajstić information content (AvgIpc) is 3.41. The molecular weight excluding hydrogens is 404 g/mol. The first-order valence-corrected chi connectivity index (χ1v) is 10.7. The normalized spacial score (nSPS) is 10.9. The van der Waals surface area contributed by atoms with Crippen molar-refractivity contribution in [2.45, 2.75) is 39.7 Å². The number of benzene rings is 2. The zero-order valence-corrected chi connectivity index (χ0v) is 18.2. The molecule has 0 fully saturated rings. The summed E-state index contributed by atoms with van der Waals surface area (Å²) in [6.45, 7) is 4.05. The molecule has 0 aliphatic rings. The lowest BCUT2D eigenvalue weighted by molar-refractivity contribution is -0.115. The molecule has 0 aliphatic heterocycles. The number of hydrogen-bond donors (Lipinski definition) is 3. The second kappa shape index (κ2) is 9.51. The molecule has 164 valence electrons. The van der Waals surface area contributed by atoms with Gasteiger partial charge in [0.05, 0.1) is 17.6 Å². The molecule has 0 radical (unpaired) electrons. The van der Waals surface area contributed by atoms with Crippen LogP contribution in [0.4, 0.5) is 5.69 Å². The molecule has 4 aromatic rings. The summed E-state index contributed by atoms with van der Waals surface area (Å²) in [4.78, 5) is 31.9. The third-order valence-corrected chi connectivity index (χ3v) is 5.22. The third kappa shape index (κ3) is 5.24. The number of fused-ring (bicyclic) bond motifs is 1. The molecule has 0 atom stereocenters. The second-order valence-electron chi connectivity index (χ2n) is 7.71. The molecule has 32 heavy (non-hydrogen) atoms. The highest BCUT2D eigenvalue weighted by Crippen LogP contribution is 2.17. The maximum absolute atomic E-state index is 12.5. The SMILES string of the molecule is CCC(=O)Nc1ccc(CCc2nc3ccc(C(=O)NCc4ccc(C)o4)cc3[nH]2)cc1. The molecule has 4 rings (SSSR count). The molecule has 0 spiro atoms. The Morgan fingerprint density at radius 1 is 1.03 bits per heavy atom. The maximum Gasteiger partial charge on any atom is 0.251 e. The number of aromatic nitrogens is 2. The molecule has 2 amide bonds. The van der Waals surface area contributed by atoms with Crippen molar-refractivity contribution in [3.8, 4) is 0 Å². The quantitative estimate of drug-likeness (QED) is 0.382. The van der Waals surface area contributed by atoms with E-state index in [4.69, 9.17) is 4.42 Å². The van der Waals surface area contributed by atoms with Gasteiger partial charge in [0.25, 0.3) is 5.91 Å². The lowest BCUT2D eigenvalue weighted by Gasteiger charge is -2.05. The molecule has 7 heteroatoms. The Hall–Kier alpha value is -3.87. The Morgan fingerprint density at radius 2 is 1.84 bits per heavy atom. The van der Waals surface area contributed by atoms with Crippen molar-refractivity contribution >= 4 is 28.5 Å². The number of hydrogen-bond acceptors (Lipinski definition) is 4. The summed E-state index contributed by atoms with van der Waals surface area (Å²) in [6, 6.07) is 17.0. The van der Waals surface area contributed by atoms with Crippen LogP contribution < -0.4 is 10.6 Å². The van der Waals surface area contributed by atoms with E-state index in [1.807, 2.05) is 62.4 Å². The largest absolute Gasteiger partial charge is 0.465 e. The van der Waals surface area contributed by atoms with Crippen molar-refractivity contribution in [2.75, 3.05) is 5.32 Å². The van der Waals surface area contributed by atoms with E-state index in [1.165, 1.54) is 0 Å². The zero-order chi connectivity index (χ0) is 22.5. The van der Waals surface area contributed by atoms with Crippen molar-refractivity contribution in [1.29, 1.82) is 0 Å². The minimum absolute atomic E-state index is 0.00383. The van der Waals surface area contributed by atoms with E-state index in [-0.39, 0.29) is 11.8 Å². The van der Waals surface area contributed by atoms with Gasteiger partial charge >= 0.3 is 0 Å². The number of anilines is 1. The molecule has 0 saturated heterocycles. The van der Waals surface area contributed by atoms with E-state index < -0.39 is 0 Å². The first-order chi connectivity index (χ1) is 15.5. The zero-order valence-electron chi connectivity index (χ0n) is 18.2. The molecule has 0 unspecified atom stereocenters. The average molecular weight is 431 g/mol. The van der Waals surface area contributed by atoms with Crippen molar-refractivity contribution in [2.24, 2.45) is 0 Å². The Bertz CT molecular complexity index is 1240. The number of amides is 2. The molecule has 2 aromatic carbocycles. The van der Waals surface area contributed by atoms with Crippen molar-refractivity contribution in [3.63, 3.8) is 0 Å². The number of rotatable bonds is 8. The number of aromatic amines is 1. The van der Waals surface area contributed by atoms with Gasteiger partial charge in [-0.05, 0) is 61.4 Å². The monoisotopic (exact) mass is 430 g/mol. The highest BCUT2D eigenvalue weighted by atomic mass is 16.3. The first kappa shape index (κ1) is 21.4. The van der Waals surface area contributed by atoms with E-state index in [2.05, 4.69) is 20.6 Å². The number of imidazole rings is 1. The van der Waals surface area contributed by atoms with E-state index in [9.17, 15) is 9.59 Å². The van der Waals surface area contributed by atoms with Crippen LogP contribution in [0.5, 0.6) is 0 Å². The number of furan rings is 1. The smallest absolute Gasteiger partial charge is 0.251 e. The van der Waals surface area contributed by atoms with Gasteiger partial charge in [-0.15, -0.1) is 0 Å². The molecule has 0 aliphatic carbocycles. The van der Waals surface area contributed by atoms with Gasteiger partial charge in [0, 0.05) is 24.1 Å². The van der Waals surface area contributed by atoms with Crippen molar-refractivity contribution in [3.05, 3.63) is 83.1 Å². The standard InChI is InChI=1S/C25H26N4O3/c1-3-24(30)27-19-9-5-17(6-10-19)7-13-23-28-21-12-8-18(14-22(21)29-23)25(31)26-15-20-11-4-16(2)32-20/h4-6,8-12,14H,3,7,13,15H2,1-2H3,(H,26,31)(H,27,30)(H,28,29). The molecule has 2 aromatic heterocycles. The third-order valence-electron chi connectivity index (χ3n) is 5.22. The first-order valence-electron chi connectivity index (χ1n) is 10.7. The van der Waals surface area contributed by atoms with Gasteiger partial charge in [0.1, 0.15) is 17.3 Å². The minimum atomic E-state index is -0.160. The fourth-order valence-corrected chi connectivity index (χ4v) is 3.44. The lowest BCUT2D eigenvalue weighted by atomic mass is 10.1. The van der Waals surface area contributed by atoms with Gasteiger partial charge in [0.15, 0.2) is 0 Å². The Balaban J connectivity index is 1.36. The number of nitrogens with zero attached hydrogens (tertiary/aromatic N) is 1. The highest BCUT2D eigenvalue weighted by molar-refractivity contribution is 5.97. The Kier molecular flexibility index (Phi) is 6.35. The van der Waals surface area contributed by atoms with E-state index in [0.29, 0.717) is 18.5 Å². The molecular formula is C25H26N4O3. The van der Waals surface area contributed by atoms with Crippen LogP contribution in [-0.2, 0) is 24.2 Å². The van der Waals surface area contributed by atoms with Gasteiger partial charge in [-0.25, -0.2) is 4.98 Å². The number of carbonyl (C=O) groups is 2. The summed E-state index contributed by atoms with van der Waals surface area (Å²) in [7, 11) is 0. The number of H-pyrrole nitrogens is 1. The van der Waals surface area contributed by atoms with Crippen LogP contribution in [-0.4, -0.2) is 21.8 Å². The van der Waals surface area contributed by atoms with Crippen molar-refractivity contribution in [1.82, 2.24) is 15.3 Å². The van der Waals surface area contributed by atoms with Gasteiger partial charge in [-0.1, -0.05) is 19.1 Å². The number of nitrogens with one attached hydrogen (secondary N) is 3. The topological polar surface area (TPSA) is 100 Å². The summed E-state index contributed by atoms with van der Waals surface area (Å²) in [5, 5.41) is 5.72. The molecule has 0 bridgehead atoms. The molecule has 7 nitrogen and oxygen atoms in total. The van der Waals surface area contributed by atoms with Gasteiger partial charge in [-0.3, -0.25) is 9.59 Å². The van der Waals surface area contributed by atoms with Crippen LogP contribution in [0.2, 0.25) is 0 Å². The number of carbonyl (C=O) groups excluding carboxylic acids is 2. The predicted molar refractivity (Wildman–Crippen MR) is 123 cm³/mol. The predicted octanol–water partition coefficient (Wildman–Crippen LogP) is 4.53. The van der Waals surface area contributed by atoms with Crippen LogP contribution in [0.3, 0.4) is 0 Å². The molecule has 2 heterocycles. The van der Waals surface area contributed by atoms with Gasteiger partial charge in [-0.2, -0.15) is 0 Å². The van der Waals surface area contributed by atoms with Crippen LogP contribution in [0.1, 0.15) is 46.6 Å². The lowest BCUT2D eigenvalue weighted by Crippen LogP contribution is -2.22. The van der Waals surface area contributed by atoms with E-state index in [0.717, 1.165) is 52.5 Å². The summed E-state index contributed by atoms with van der Waals surface area (Å²) >= 11 is 0. The summed E-state index contributed by atoms with van der Waals surface area (Å²) in [6.07, 6.45) is 2.02. The molecule has 0 saturated carbocycles.